The molecule has 1 atom stereocenters. The van der Waals surface area contributed by atoms with Crippen molar-refractivity contribution in [3.8, 4) is 5.69 Å². The third-order valence-electron chi connectivity index (χ3n) is 5.66. The molecule has 1 aromatic heterocycles. The third-order valence-corrected chi connectivity index (χ3v) is 5.91. The number of hydrogen-bond donors (Lipinski definition) is 1. The fraction of sp³-hybridized carbons (Fsp3) is 0.167. The first-order valence-electron chi connectivity index (χ1n) is 10.7. The van der Waals surface area contributed by atoms with Crippen LogP contribution in [0.5, 0.6) is 0 Å². The molecule has 2 amide bonds. The molecule has 3 aromatic carbocycles. The van der Waals surface area contributed by atoms with E-state index in [1.54, 1.807) is 28.9 Å². The predicted octanol–water partition coefficient (Wildman–Crippen LogP) is 4.41. The predicted molar refractivity (Wildman–Crippen MR) is 128 cm³/mol. The first-order chi connectivity index (χ1) is 16.2. The average Bonchev–Trinajstić information content (AvgIpc) is 3.36. The number of amides is 2. The molecule has 1 unspecified atom stereocenters. The van der Waals surface area contributed by atoms with E-state index in [1.807, 2.05) is 65.6 Å². The number of rotatable bonds is 4. The van der Waals surface area contributed by atoms with Gasteiger partial charge in [0.05, 0.1) is 11.7 Å². The van der Waals surface area contributed by atoms with Crippen molar-refractivity contribution >= 4 is 29.3 Å². The summed E-state index contributed by atoms with van der Waals surface area (Å²) in [5.41, 5.74) is 2.63. The topological polar surface area (TPSA) is 79.2 Å². The Morgan fingerprint density at radius 3 is 2.33 bits per heavy atom. The van der Waals surface area contributed by atoms with Crippen LogP contribution in [0.1, 0.15) is 11.6 Å². The zero-order valence-electron chi connectivity index (χ0n) is 17.8. The van der Waals surface area contributed by atoms with Crippen molar-refractivity contribution in [2.75, 3.05) is 29.9 Å². The van der Waals surface area contributed by atoms with E-state index in [-0.39, 0.29) is 12.1 Å². The summed E-state index contributed by atoms with van der Waals surface area (Å²) in [4.78, 5) is 17.2. The Labute approximate surface area is 196 Å². The Hall–Kier alpha value is -3.91. The van der Waals surface area contributed by atoms with Crippen LogP contribution < -0.4 is 10.2 Å². The molecule has 1 aliphatic heterocycles. The second-order valence-electron chi connectivity index (χ2n) is 7.73. The molecule has 4 aromatic rings. The van der Waals surface area contributed by atoms with Gasteiger partial charge in [0, 0.05) is 30.3 Å². The van der Waals surface area contributed by atoms with Crippen LogP contribution in [-0.4, -0.2) is 50.8 Å². The fourth-order valence-corrected chi connectivity index (χ4v) is 4.14. The van der Waals surface area contributed by atoms with Gasteiger partial charge in [0.15, 0.2) is 0 Å². The molecule has 0 aliphatic carbocycles. The summed E-state index contributed by atoms with van der Waals surface area (Å²) in [6.45, 7) is 1.68. The largest absolute Gasteiger partial charge is 0.335 e. The summed E-state index contributed by atoms with van der Waals surface area (Å²) in [7, 11) is 0. The molecule has 0 bridgehead atoms. The Bertz CT molecular complexity index is 1210. The van der Waals surface area contributed by atoms with E-state index in [9.17, 15) is 4.79 Å². The summed E-state index contributed by atoms with van der Waals surface area (Å²) in [5, 5.41) is 16.0. The smallest absolute Gasteiger partial charge is 0.322 e. The normalized spacial score (nSPS) is 16.0. The van der Waals surface area contributed by atoms with Gasteiger partial charge in [-0.2, -0.15) is 4.68 Å². The average molecular weight is 460 g/mol. The zero-order valence-corrected chi connectivity index (χ0v) is 18.5. The maximum atomic E-state index is 13.2. The van der Waals surface area contributed by atoms with Gasteiger partial charge in [-0.3, -0.25) is 0 Å². The summed E-state index contributed by atoms with van der Waals surface area (Å²) < 4.78 is 1.73. The van der Waals surface area contributed by atoms with Gasteiger partial charge in [-0.15, -0.1) is 0 Å². The van der Waals surface area contributed by atoms with E-state index in [0.717, 1.165) is 11.3 Å². The molecule has 1 aliphatic rings. The number of nitrogens with zero attached hydrogens (tertiary/aromatic N) is 6. The van der Waals surface area contributed by atoms with Crippen LogP contribution in [-0.2, 0) is 0 Å². The van der Waals surface area contributed by atoms with Gasteiger partial charge in [-0.05, 0) is 52.4 Å². The number of carbonyl (C=O) groups is 1. The highest BCUT2D eigenvalue weighted by atomic mass is 35.5. The highest BCUT2D eigenvalue weighted by molar-refractivity contribution is 6.30. The quantitative estimate of drug-likeness (QED) is 0.489. The van der Waals surface area contributed by atoms with Crippen LogP contribution in [0, 0.1) is 0 Å². The second-order valence-corrected chi connectivity index (χ2v) is 8.17. The van der Waals surface area contributed by atoms with E-state index < -0.39 is 0 Å². The monoisotopic (exact) mass is 459 g/mol. The van der Waals surface area contributed by atoms with Gasteiger partial charge in [-0.25, -0.2) is 4.79 Å². The first-order valence-corrected chi connectivity index (χ1v) is 11.0. The van der Waals surface area contributed by atoms with Gasteiger partial charge in [0.1, 0.15) is 0 Å². The van der Waals surface area contributed by atoms with Gasteiger partial charge < -0.3 is 15.1 Å². The van der Waals surface area contributed by atoms with Gasteiger partial charge >= 0.3 is 6.03 Å². The second kappa shape index (κ2) is 9.30. The zero-order chi connectivity index (χ0) is 22.6. The number of halogens is 1. The van der Waals surface area contributed by atoms with Crippen LogP contribution in [0.2, 0.25) is 5.02 Å². The van der Waals surface area contributed by atoms with E-state index in [2.05, 4.69) is 25.7 Å². The minimum absolute atomic E-state index is 0.159. The number of anilines is 2. The summed E-state index contributed by atoms with van der Waals surface area (Å²) in [6, 6.07) is 26.6. The summed E-state index contributed by atoms with van der Waals surface area (Å²) in [5.74, 6) is 0.653. The molecular weight excluding hydrogens is 438 g/mol. The van der Waals surface area contributed by atoms with Crippen molar-refractivity contribution in [3.63, 3.8) is 0 Å². The minimum atomic E-state index is -0.173. The number of tetrazole rings is 1. The number of nitrogens with one attached hydrogen (secondary N) is 1. The minimum Gasteiger partial charge on any atom is -0.335 e. The number of hydrogen-bond acceptors (Lipinski definition) is 5. The van der Waals surface area contributed by atoms with Crippen molar-refractivity contribution in [1.29, 1.82) is 0 Å². The molecule has 1 saturated heterocycles. The van der Waals surface area contributed by atoms with E-state index in [1.165, 1.54) is 0 Å². The number of urea groups is 1. The molecule has 0 spiro atoms. The highest BCUT2D eigenvalue weighted by Crippen LogP contribution is 2.29. The fourth-order valence-electron chi connectivity index (χ4n) is 4.01. The molecule has 2 heterocycles. The molecule has 9 heteroatoms. The molecule has 5 rings (SSSR count). The maximum Gasteiger partial charge on any atom is 0.322 e. The molecule has 1 fully saturated rings. The van der Waals surface area contributed by atoms with Crippen LogP contribution in [0.25, 0.3) is 5.69 Å². The third kappa shape index (κ3) is 4.51. The Morgan fingerprint density at radius 2 is 1.61 bits per heavy atom. The van der Waals surface area contributed by atoms with Crippen molar-refractivity contribution in [1.82, 2.24) is 25.1 Å². The van der Waals surface area contributed by atoms with Crippen molar-refractivity contribution in [2.24, 2.45) is 0 Å². The molecule has 0 radical (unpaired) electrons. The van der Waals surface area contributed by atoms with Crippen molar-refractivity contribution in [2.45, 2.75) is 6.04 Å². The lowest BCUT2D eigenvalue weighted by Crippen LogP contribution is -2.52. The first kappa shape index (κ1) is 21.0. The lowest BCUT2D eigenvalue weighted by atomic mass is 10.0. The molecule has 166 valence electrons. The van der Waals surface area contributed by atoms with E-state index in [4.69, 9.17) is 11.6 Å². The Kier molecular flexibility index (Phi) is 5.91. The van der Waals surface area contributed by atoms with Crippen LogP contribution >= 0.6 is 11.6 Å². The van der Waals surface area contributed by atoms with Crippen molar-refractivity contribution < 1.29 is 4.79 Å². The van der Waals surface area contributed by atoms with Crippen LogP contribution in [0.3, 0.4) is 0 Å². The molecule has 33 heavy (non-hydrogen) atoms. The van der Waals surface area contributed by atoms with Crippen molar-refractivity contribution in [3.05, 3.63) is 95.5 Å². The molecule has 0 saturated carbocycles. The lowest BCUT2D eigenvalue weighted by Gasteiger charge is -2.41. The Balaban J connectivity index is 1.41. The number of aromatic nitrogens is 4. The van der Waals surface area contributed by atoms with Crippen LogP contribution in [0.15, 0.2) is 84.9 Å². The molecule has 8 nitrogen and oxygen atoms in total. The van der Waals surface area contributed by atoms with Gasteiger partial charge in [0.25, 0.3) is 5.95 Å². The van der Waals surface area contributed by atoms with Crippen LogP contribution in [0.4, 0.5) is 16.4 Å². The molecule has 1 N–H and O–H groups in total. The summed E-state index contributed by atoms with van der Waals surface area (Å²) in [6.07, 6.45) is 0. The number of piperazine rings is 1. The van der Waals surface area contributed by atoms with E-state index in [0.29, 0.717) is 36.3 Å². The highest BCUT2D eigenvalue weighted by Gasteiger charge is 2.33. The number of para-hydroxylation sites is 1. The van der Waals surface area contributed by atoms with Gasteiger partial charge in [0.2, 0.25) is 0 Å². The number of carbonyl (C=O) groups excluding carboxylic acids is 1. The Morgan fingerprint density at radius 1 is 0.909 bits per heavy atom. The lowest BCUT2D eigenvalue weighted by molar-refractivity contribution is 0.178. The standard InChI is InChI=1S/C24H22ClN7O/c25-19-11-13-20(14-12-19)26-24(33)31-16-15-30(17-22(31)18-7-3-1-4-8-18)23-27-28-29-32(23)21-9-5-2-6-10-21/h1-14,22H,15-17H2,(H,26,33). The molecular formula is C24H22ClN7O. The SMILES string of the molecule is O=C(Nc1ccc(Cl)cc1)N1CCN(c2nnnn2-c2ccccc2)CC1c1ccccc1. The van der Waals surface area contributed by atoms with Gasteiger partial charge in [-0.1, -0.05) is 65.2 Å². The number of benzene rings is 3. The maximum absolute atomic E-state index is 13.2. The van der Waals surface area contributed by atoms with E-state index >= 15 is 0 Å². The summed E-state index contributed by atoms with van der Waals surface area (Å²) >= 11 is 5.98.